The molecule has 0 radical (unpaired) electrons. The standard InChI is InChI=1S/C8H10N2O2/c1-2-5-12-8(6-11)10-4-3-9-7-10/h3-4,7H,2,5H2,1H3. The fourth-order valence-electron chi connectivity index (χ4n) is 0.735. The highest BCUT2D eigenvalue weighted by molar-refractivity contribution is 5.72. The van der Waals surface area contributed by atoms with Gasteiger partial charge < -0.3 is 4.74 Å². The number of hydrogen-bond acceptors (Lipinski definition) is 3. The monoisotopic (exact) mass is 166 g/mol. The molecule has 4 nitrogen and oxygen atoms in total. The molecule has 0 aliphatic rings. The predicted molar refractivity (Wildman–Crippen MR) is 43.9 cm³/mol. The maximum absolute atomic E-state index is 10.4. The molecule has 0 bridgehead atoms. The summed E-state index contributed by atoms with van der Waals surface area (Å²) in [4.78, 5) is 14.2. The fourth-order valence-corrected chi connectivity index (χ4v) is 0.735. The first-order chi connectivity index (χ1) is 5.88. The number of carbonyl (C=O) groups excluding carboxylic acids is 1. The van der Waals surface area contributed by atoms with Gasteiger partial charge in [0.05, 0.1) is 6.61 Å². The summed E-state index contributed by atoms with van der Waals surface area (Å²) >= 11 is 0. The molecule has 0 saturated carbocycles. The van der Waals surface area contributed by atoms with Crippen LogP contribution in [0.3, 0.4) is 0 Å². The summed E-state index contributed by atoms with van der Waals surface area (Å²) in [6, 6.07) is 0. The normalized spacial score (nSPS) is 9.08. The maximum Gasteiger partial charge on any atom is 0.287 e. The minimum atomic E-state index is 0.161. The van der Waals surface area contributed by atoms with E-state index in [0.29, 0.717) is 6.61 Å². The number of imidazole rings is 1. The second-order valence-corrected chi connectivity index (χ2v) is 2.23. The Morgan fingerprint density at radius 2 is 2.58 bits per heavy atom. The quantitative estimate of drug-likeness (QED) is 0.494. The number of aromatic nitrogens is 2. The number of rotatable bonds is 4. The number of ether oxygens (including phenoxy) is 1. The van der Waals surface area contributed by atoms with Crippen LogP contribution in [0, 0.1) is 0 Å². The van der Waals surface area contributed by atoms with Crippen LogP contribution in [0.15, 0.2) is 18.7 Å². The van der Waals surface area contributed by atoms with Crippen molar-refractivity contribution in [3.05, 3.63) is 18.7 Å². The van der Waals surface area contributed by atoms with Gasteiger partial charge in [0, 0.05) is 12.4 Å². The van der Waals surface area contributed by atoms with Crippen LogP contribution in [0.25, 0.3) is 5.88 Å². The highest BCUT2D eigenvalue weighted by Gasteiger charge is 1.99. The lowest BCUT2D eigenvalue weighted by Gasteiger charge is -2.04. The van der Waals surface area contributed by atoms with Crippen molar-refractivity contribution in [3.8, 4) is 0 Å². The van der Waals surface area contributed by atoms with Crippen LogP contribution in [0.5, 0.6) is 0 Å². The van der Waals surface area contributed by atoms with Gasteiger partial charge in [0.2, 0.25) is 0 Å². The molecule has 0 spiro atoms. The Kier molecular flexibility index (Phi) is 3.11. The van der Waals surface area contributed by atoms with E-state index in [0.717, 1.165) is 6.42 Å². The molecule has 0 amide bonds. The van der Waals surface area contributed by atoms with Crippen molar-refractivity contribution in [1.82, 2.24) is 9.55 Å². The predicted octanol–water partition coefficient (Wildman–Crippen LogP) is 0.940. The van der Waals surface area contributed by atoms with Gasteiger partial charge in [-0.1, -0.05) is 6.92 Å². The topological polar surface area (TPSA) is 44.1 Å². The van der Waals surface area contributed by atoms with E-state index in [1.807, 2.05) is 6.92 Å². The first-order valence-corrected chi connectivity index (χ1v) is 3.74. The second kappa shape index (κ2) is 4.36. The third-order valence-corrected chi connectivity index (χ3v) is 1.27. The van der Waals surface area contributed by atoms with Crippen LogP contribution < -0.4 is 0 Å². The zero-order chi connectivity index (χ0) is 8.81. The molecule has 0 fully saturated rings. The van der Waals surface area contributed by atoms with Crippen molar-refractivity contribution in [1.29, 1.82) is 0 Å². The Morgan fingerprint density at radius 3 is 3.08 bits per heavy atom. The lowest BCUT2D eigenvalue weighted by atomic mass is 10.5. The summed E-state index contributed by atoms with van der Waals surface area (Å²) in [5.41, 5.74) is 0. The lowest BCUT2D eigenvalue weighted by Crippen LogP contribution is -2.00. The Morgan fingerprint density at radius 1 is 1.75 bits per heavy atom. The minimum Gasteiger partial charge on any atom is -0.471 e. The smallest absolute Gasteiger partial charge is 0.287 e. The molecule has 1 aromatic heterocycles. The molecule has 0 unspecified atom stereocenters. The zero-order valence-electron chi connectivity index (χ0n) is 6.86. The molecule has 0 N–H and O–H groups in total. The third-order valence-electron chi connectivity index (χ3n) is 1.27. The first-order valence-electron chi connectivity index (χ1n) is 3.74. The highest BCUT2D eigenvalue weighted by atomic mass is 16.5. The third kappa shape index (κ3) is 1.97. The summed E-state index contributed by atoms with van der Waals surface area (Å²) in [6.45, 7) is 2.49. The largest absolute Gasteiger partial charge is 0.471 e. The maximum atomic E-state index is 10.4. The average molecular weight is 166 g/mol. The van der Waals surface area contributed by atoms with E-state index in [-0.39, 0.29) is 5.88 Å². The summed E-state index contributed by atoms with van der Waals surface area (Å²) in [5, 5.41) is 0. The second-order valence-electron chi connectivity index (χ2n) is 2.23. The number of nitrogens with zero attached hydrogens (tertiary/aromatic N) is 2. The average Bonchev–Trinajstić information content (AvgIpc) is 2.59. The molecule has 4 heteroatoms. The summed E-state index contributed by atoms with van der Waals surface area (Å²) in [6.07, 6.45) is 5.57. The van der Waals surface area contributed by atoms with Crippen LogP contribution in [-0.4, -0.2) is 22.1 Å². The van der Waals surface area contributed by atoms with Gasteiger partial charge in [-0.3, -0.25) is 4.57 Å². The van der Waals surface area contributed by atoms with Crippen LogP contribution in [-0.2, 0) is 9.53 Å². The van der Waals surface area contributed by atoms with E-state index in [1.54, 1.807) is 18.3 Å². The van der Waals surface area contributed by atoms with Gasteiger partial charge in [-0.15, -0.1) is 0 Å². The van der Waals surface area contributed by atoms with E-state index in [2.05, 4.69) is 4.98 Å². The molecular weight excluding hydrogens is 156 g/mol. The molecule has 0 saturated heterocycles. The summed E-state index contributed by atoms with van der Waals surface area (Å²) in [7, 11) is 0. The Bertz CT molecular complexity index is 273. The van der Waals surface area contributed by atoms with E-state index in [9.17, 15) is 4.79 Å². The van der Waals surface area contributed by atoms with Gasteiger partial charge >= 0.3 is 0 Å². The van der Waals surface area contributed by atoms with E-state index < -0.39 is 0 Å². The van der Waals surface area contributed by atoms with Crippen molar-refractivity contribution in [3.63, 3.8) is 0 Å². The summed E-state index contributed by atoms with van der Waals surface area (Å²) < 4.78 is 6.59. The van der Waals surface area contributed by atoms with Gasteiger partial charge in [0.15, 0.2) is 5.94 Å². The molecule has 0 aliphatic carbocycles. The van der Waals surface area contributed by atoms with Crippen LogP contribution >= 0.6 is 0 Å². The molecule has 1 rings (SSSR count). The van der Waals surface area contributed by atoms with Gasteiger partial charge in [-0.25, -0.2) is 9.78 Å². The van der Waals surface area contributed by atoms with Crippen LogP contribution in [0.2, 0.25) is 0 Å². The van der Waals surface area contributed by atoms with Gasteiger partial charge in [-0.2, -0.15) is 0 Å². The molecule has 64 valence electrons. The molecule has 1 heterocycles. The molecule has 12 heavy (non-hydrogen) atoms. The van der Waals surface area contributed by atoms with Gasteiger partial charge in [-0.05, 0) is 6.42 Å². The van der Waals surface area contributed by atoms with Crippen molar-refractivity contribution >= 4 is 11.8 Å². The van der Waals surface area contributed by atoms with Crippen molar-refractivity contribution in [2.45, 2.75) is 13.3 Å². The van der Waals surface area contributed by atoms with Crippen molar-refractivity contribution in [2.24, 2.45) is 0 Å². The molecule has 0 aliphatic heterocycles. The Hall–Kier alpha value is -1.54. The Balaban J connectivity index is 2.65. The number of hydrogen-bond donors (Lipinski definition) is 0. The van der Waals surface area contributed by atoms with E-state index in [4.69, 9.17) is 4.74 Å². The van der Waals surface area contributed by atoms with Crippen molar-refractivity contribution < 1.29 is 9.53 Å². The summed E-state index contributed by atoms with van der Waals surface area (Å²) in [5.74, 6) is 1.87. The fraction of sp³-hybridized carbons (Fsp3) is 0.375. The lowest BCUT2D eigenvalue weighted by molar-refractivity contribution is 0.260. The van der Waals surface area contributed by atoms with E-state index >= 15 is 0 Å². The van der Waals surface area contributed by atoms with Gasteiger partial charge in [0.25, 0.3) is 5.88 Å². The van der Waals surface area contributed by atoms with Crippen LogP contribution in [0.1, 0.15) is 13.3 Å². The van der Waals surface area contributed by atoms with Gasteiger partial charge in [0.1, 0.15) is 6.33 Å². The van der Waals surface area contributed by atoms with Crippen molar-refractivity contribution in [2.75, 3.05) is 6.61 Å². The Labute approximate surface area is 70.5 Å². The molecule has 0 atom stereocenters. The molecular formula is C8H10N2O2. The zero-order valence-corrected chi connectivity index (χ0v) is 6.86. The molecule has 1 aromatic rings. The highest BCUT2D eigenvalue weighted by Crippen LogP contribution is 2.01. The van der Waals surface area contributed by atoms with Crippen LogP contribution in [0.4, 0.5) is 0 Å². The first kappa shape index (κ1) is 8.56. The minimum absolute atomic E-state index is 0.161. The van der Waals surface area contributed by atoms with E-state index in [1.165, 1.54) is 10.9 Å². The SMILES string of the molecule is CCCOC(=C=O)n1ccnc1. The molecule has 0 aromatic carbocycles.